The van der Waals surface area contributed by atoms with E-state index in [1.807, 2.05) is 26.8 Å². The maximum absolute atomic E-state index is 12.4. The Bertz CT molecular complexity index is 546. The van der Waals surface area contributed by atoms with Crippen molar-refractivity contribution >= 4 is 23.4 Å². The first-order chi connectivity index (χ1) is 8.26. The second-order valence-corrected chi connectivity index (χ2v) is 5.60. The van der Waals surface area contributed by atoms with Gasteiger partial charge in [-0.15, -0.1) is 0 Å². The summed E-state index contributed by atoms with van der Waals surface area (Å²) < 4.78 is 5.18. The number of esters is 1. The highest BCUT2D eigenvalue weighted by molar-refractivity contribution is 6.32. The van der Waals surface area contributed by atoms with Crippen molar-refractivity contribution in [1.29, 1.82) is 0 Å². The van der Waals surface area contributed by atoms with E-state index in [0.29, 0.717) is 10.6 Å². The minimum Gasteiger partial charge on any atom is -0.453 e. The van der Waals surface area contributed by atoms with E-state index in [9.17, 15) is 9.59 Å². The topological polar surface area (TPSA) is 43.4 Å². The Morgan fingerprint density at radius 3 is 2.50 bits per heavy atom. The first kappa shape index (κ1) is 13.1. The molecule has 0 spiro atoms. The second-order valence-electron chi connectivity index (χ2n) is 5.19. The van der Waals surface area contributed by atoms with Crippen LogP contribution in [0.3, 0.4) is 0 Å². The molecule has 0 bridgehead atoms. The predicted molar refractivity (Wildman–Crippen MR) is 69.1 cm³/mol. The Balaban J connectivity index is 2.64. The summed E-state index contributed by atoms with van der Waals surface area (Å²) in [4.78, 5) is 23.5. The van der Waals surface area contributed by atoms with Gasteiger partial charge < -0.3 is 4.74 Å². The molecular weight excluding hydrogens is 252 g/mol. The Labute approximate surface area is 111 Å². The van der Waals surface area contributed by atoms with Gasteiger partial charge in [0.2, 0.25) is 5.78 Å². The van der Waals surface area contributed by atoms with Gasteiger partial charge in [-0.3, -0.25) is 9.59 Å². The molecule has 0 aliphatic heterocycles. The maximum Gasteiger partial charge on any atom is 0.303 e. The van der Waals surface area contributed by atoms with Crippen molar-refractivity contribution in [3.63, 3.8) is 0 Å². The number of rotatable bonds is 1. The number of hydrogen-bond donors (Lipinski definition) is 0. The van der Waals surface area contributed by atoms with Crippen LogP contribution in [0.15, 0.2) is 12.1 Å². The Morgan fingerprint density at radius 2 is 2.00 bits per heavy atom. The first-order valence-corrected chi connectivity index (χ1v) is 6.15. The number of carbonyl (C=O) groups excluding carboxylic acids is 2. The molecule has 1 aromatic carbocycles. The zero-order valence-corrected chi connectivity index (χ0v) is 11.6. The number of fused-ring (bicyclic) bond motifs is 1. The molecule has 0 aromatic heterocycles. The third kappa shape index (κ3) is 1.74. The predicted octanol–water partition coefficient (Wildman–Crippen LogP) is 3.05. The van der Waals surface area contributed by atoms with E-state index in [2.05, 4.69) is 0 Å². The van der Waals surface area contributed by atoms with Gasteiger partial charge in [0.1, 0.15) is 0 Å². The average Bonchev–Trinajstić information content (AvgIpc) is 2.45. The zero-order valence-electron chi connectivity index (χ0n) is 10.8. The van der Waals surface area contributed by atoms with Gasteiger partial charge in [-0.2, -0.15) is 0 Å². The van der Waals surface area contributed by atoms with Crippen molar-refractivity contribution in [3.05, 3.63) is 33.8 Å². The number of halogens is 1. The molecule has 1 aliphatic rings. The van der Waals surface area contributed by atoms with Crippen LogP contribution in [0, 0.1) is 6.92 Å². The standard InChI is InChI=1S/C14H15ClO3/c1-7-5-6-9(15)11-10(7)12(17)13(14(11,3)4)18-8(2)16/h5-6,13H,1-4H3. The molecule has 2 rings (SSSR count). The fourth-order valence-corrected chi connectivity index (χ4v) is 2.99. The van der Waals surface area contributed by atoms with E-state index in [0.717, 1.165) is 11.1 Å². The minimum atomic E-state index is -0.788. The fourth-order valence-electron chi connectivity index (χ4n) is 2.59. The number of aryl methyl sites for hydroxylation is 1. The molecule has 0 saturated carbocycles. The summed E-state index contributed by atoms with van der Waals surface area (Å²) in [6, 6.07) is 3.59. The lowest BCUT2D eigenvalue weighted by molar-refractivity contribution is -0.146. The number of hydrogen-bond acceptors (Lipinski definition) is 3. The Kier molecular flexibility index (Phi) is 2.98. The van der Waals surface area contributed by atoms with Crippen LogP contribution in [-0.4, -0.2) is 17.9 Å². The van der Waals surface area contributed by atoms with Crippen LogP contribution in [0.5, 0.6) is 0 Å². The van der Waals surface area contributed by atoms with Gasteiger partial charge in [-0.05, 0) is 24.1 Å². The summed E-state index contributed by atoms with van der Waals surface area (Å²) in [5.41, 5.74) is 1.64. The Hall–Kier alpha value is -1.35. The number of carbonyl (C=O) groups is 2. The largest absolute Gasteiger partial charge is 0.453 e. The van der Waals surface area contributed by atoms with Crippen LogP contribution in [0.4, 0.5) is 0 Å². The van der Waals surface area contributed by atoms with E-state index in [1.54, 1.807) is 6.07 Å². The van der Waals surface area contributed by atoms with Crippen molar-refractivity contribution in [2.24, 2.45) is 0 Å². The summed E-state index contributed by atoms with van der Waals surface area (Å²) in [7, 11) is 0. The van der Waals surface area contributed by atoms with Gasteiger partial charge in [0.25, 0.3) is 0 Å². The normalized spacial score (nSPS) is 20.7. The lowest BCUT2D eigenvalue weighted by Crippen LogP contribution is -2.36. The smallest absolute Gasteiger partial charge is 0.303 e. The first-order valence-electron chi connectivity index (χ1n) is 5.78. The van der Waals surface area contributed by atoms with Gasteiger partial charge in [-0.1, -0.05) is 31.5 Å². The van der Waals surface area contributed by atoms with Crippen LogP contribution in [-0.2, 0) is 14.9 Å². The molecule has 0 radical (unpaired) electrons. The molecule has 1 aliphatic carbocycles. The highest BCUT2D eigenvalue weighted by Gasteiger charge is 2.50. The van der Waals surface area contributed by atoms with Crippen LogP contribution < -0.4 is 0 Å². The lowest BCUT2D eigenvalue weighted by atomic mass is 9.84. The molecule has 0 saturated heterocycles. The molecule has 0 N–H and O–H groups in total. The van der Waals surface area contributed by atoms with Crippen LogP contribution in [0.1, 0.15) is 42.3 Å². The second kappa shape index (κ2) is 4.09. The molecule has 96 valence electrons. The van der Waals surface area contributed by atoms with E-state index in [1.165, 1.54) is 6.92 Å². The molecule has 4 heteroatoms. The van der Waals surface area contributed by atoms with Crippen LogP contribution in [0.25, 0.3) is 0 Å². The molecule has 0 fully saturated rings. The lowest BCUT2D eigenvalue weighted by Gasteiger charge is -2.26. The summed E-state index contributed by atoms with van der Waals surface area (Å²) in [5.74, 6) is -0.617. The van der Waals surface area contributed by atoms with Gasteiger partial charge >= 0.3 is 5.97 Å². The molecule has 18 heavy (non-hydrogen) atoms. The number of Topliss-reactive ketones (excluding diaryl/α,β-unsaturated/α-hetero) is 1. The Morgan fingerprint density at radius 1 is 1.39 bits per heavy atom. The molecule has 0 heterocycles. The summed E-state index contributed by atoms with van der Waals surface area (Å²) in [6.07, 6.45) is -0.788. The van der Waals surface area contributed by atoms with Gasteiger partial charge in [0, 0.05) is 22.9 Å². The monoisotopic (exact) mass is 266 g/mol. The third-order valence-corrected chi connectivity index (χ3v) is 3.75. The van der Waals surface area contributed by atoms with E-state index < -0.39 is 17.5 Å². The van der Waals surface area contributed by atoms with Crippen molar-refractivity contribution in [2.45, 2.75) is 39.2 Å². The fraction of sp³-hybridized carbons (Fsp3) is 0.429. The zero-order chi connectivity index (χ0) is 13.7. The van der Waals surface area contributed by atoms with E-state index in [-0.39, 0.29) is 5.78 Å². The number of ketones is 1. The molecule has 3 nitrogen and oxygen atoms in total. The molecule has 1 aromatic rings. The summed E-state index contributed by atoms with van der Waals surface area (Å²) in [6.45, 7) is 6.91. The highest BCUT2D eigenvalue weighted by Crippen LogP contribution is 2.45. The van der Waals surface area contributed by atoms with Crippen LogP contribution in [0.2, 0.25) is 5.02 Å². The van der Waals surface area contributed by atoms with Crippen molar-refractivity contribution in [2.75, 3.05) is 0 Å². The van der Waals surface area contributed by atoms with Gasteiger partial charge in [0.15, 0.2) is 6.10 Å². The van der Waals surface area contributed by atoms with Crippen molar-refractivity contribution < 1.29 is 14.3 Å². The minimum absolute atomic E-state index is 0.162. The maximum atomic E-state index is 12.4. The molecule has 1 atom stereocenters. The van der Waals surface area contributed by atoms with Crippen molar-refractivity contribution in [3.8, 4) is 0 Å². The summed E-state index contributed by atoms with van der Waals surface area (Å²) in [5, 5.41) is 0.545. The van der Waals surface area contributed by atoms with Crippen LogP contribution >= 0.6 is 11.6 Å². The third-order valence-electron chi connectivity index (χ3n) is 3.43. The van der Waals surface area contributed by atoms with Gasteiger partial charge in [-0.25, -0.2) is 0 Å². The molecular formula is C14H15ClO3. The van der Waals surface area contributed by atoms with Crippen molar-refractivity contribution in [1.82, 2.24) is 0 Å². The quantitative estimate of drug-likeness (QED) is 0.734. The number of ether oxygens (including phenoxy) is 1. The SMILES string of the molecule is CC(=O)OC1C(=O)c2c(C)ccc(Cl)c2C1(C)C. The molecule has 0 amide bonds. The van der Waals surface area contributed by atoms with E-state index >= 15 is 0 Å². The summed E-state index contributed by atoms with van der Waals surface area (Å²) >= 11 is 6.20. The van der Waals surface area contributed by atoms with E-state index in [4.69, 9.17) is 16.3 Å². The highest BCUT2D eigenvalue weighted by atomic mass is 35.5. The van der Waals surface area contributed by atoms with Gasteiger partial charge in [0.05, 0.1) is 0 Å². The molecule has 1 unspecified atom stereocenters. The average molecular weight is 267 g/mol. The number of benzene rings is 1.